The van der Waals surface area contributed by atoms with Crippen LogP contribution in [0.1, 0.15) is 25.3 Å². The van der Waals surface area contributed by atoms with E-state index < -0.39 is 0 Å². The van der Waals surface area contributed by atoms with E-state index in [1.165, 1.54) is 18.4 Å². The third-order valence-corrected chi connectivity index (χ3v) is 3.55. The Morgan fingerprint density at radius 2 is 2.20 bits per heavy atom. The zero-order chi connectivity index (χ0) is 10.7. The Hall–Kier alpha value is -0.530. The highest BCUT2D eigenvalue weighted by molar-refractivity contribution is 6.31. The van der Waals surface area contributed by atoms with Crippen LogP contribution in [0.25, 0.3) is 0 Å². The second kappa shape index (κ2) is 5.00. The summed E-state index contributed by atoms with van der Waals surface area (Å²) >= 11 is 6.15. The number of nitrogens with one attached hydrogen (secondary N) is 1. The molecule has 0 bridgehead atoms. The van der Waals surface area contributed by atoms with Gasteiger partial charge in [-0.05, 0) is 43.4 Å². The first-order valence-electron chi connectivity index (χ1n) is 5.72. The molecule has 1 fully saturated rings. The maximum absolute atomic E-state index is 6.15. The molecule has 1 nitrogen and oxygen atoms in total. The van der Waals surface area contributed by atoms with E-state index in [4.69, 9.17) is 11.6 Å². The SMILES string of the molecule is CC1CCNC(Cc2ccccc2Cl)C1. The molecule has 2 atom stereocenters. The average Bonchev–Trinajstić information content (AvgIpc) is 2.22. The quantitative estimate of drug-likeness (QED) is 0.812. The van der Waals surface area contributed by atoms with E-state index in [0.29, 0.717) is 6.04 Å². The van der Waals surface area contributed by atoms with Crippen LogP contribution in [0.4, 0.5) is 0 Å². The zero-order valence-corrected chi connectivity index (χ0v) is 9.93. The zero-order valence-electron chi connectivity index (χ0n) is 9.17. The monoisotopic (exact) mass is 223 g/mol. The van der Waals surface area contributed by atoms with Gasteiger partial charge in [0.1, 0.15) is 0 Å². The summed E-state index contributed by atoms with van der Waals surface area (Å²) in [6, 6.07) is 8.76. The van der Waals surface area contributed by atoms with Crippen molar-refractivity contribution in [1.29, 1.82) is 0 Å². The highest BCUT2D eigenvalue weighted by atomic mass is 35.5. The molecule has 1 aromatic carbocycles. The molecule has 1 aliphatic rings. The summed E-state index contributed by atoms with van der Waals surface area (Å²) in [5.41, 5.74) is 1.27. The predicted octanol–water partition coefficient (Wildman–Crippen LogP) is 3.27. The molecular formula is C13H18ClN. The minimum absolute atomic E-state index is 0.605. The van der Waals surface area contributed by atoms with Crippen LogP contribution in [0.15, 0.2) is 24.3 Å². The molecule has 0 radical (unpaired) electrons. The molecule has 2 unspecified atom stereocenters. The van der Waals surface area contributed by atoms with Gasteiger partial charge in [0.05, 0.1) is 0 Å². The first-order valence-corrected chi connectivity index (χ1v) is 6.10. The van der Waals surface area contributed by atoms with Crippen LogP contribution in [0.3, 0.4) is 0 Å². The van der Waals surface area contributed by atoms with Gasteiger partial charge in [-0.25, -0.2) is 0 Å². The largest absolute Gasteiger partial charge is 0.314 e. The third kappa shape index (κ3) is 2.96. The van der Waals surface area contributed by atoms with Crippen LogP contribution in [-0.2, 0) is 6.42 Å². The number of halogens is 1. The van der Waals surface area contributed by atoms with Gasteiger partial charge in [-0.3, -0.25) is 0 Å². The lowest BCUT2D eigenvalue weighted by atomic mass is 9.90. The average molecular weight is 224 g/mol. The number of hydrogen-bond donors (Lipinski definition) is 1. The van der Waals surface area contributed by atoms with Crippen LogP contribution in [-0.4, -0.2) is 12.6 Å². The molecule has 1 aromatic rings. The van der Waals surface area contributed by atoms with Crippen LogP contribution < -0.4 is 5.32 Å². The molecule has 82 valence electrons. The second-order valence-electron chi connectivity index (χ2n) is 4.58. The summed E-state index contributed by atoms with van der Waals surface area (Å²) in [5, 5.41) is 4.47. The highest BCUT2D eigenvalue weighted by Crippen LogP contribution is 2.22. The molecule has 15 heavy (non-hydrogen) atoms. The summed E-state index contributed by atoms with van der Waals surface area (Å²) in [6.07, 6.45) is 3.63. The van der Waals surface area contributed by atoms with E-state index in [1.807, 2.05) is 12.1 Å². The van der Waals surface area contributed by atoms with Gasteiger partial charge in [0.25, 0.3) is 0 Å². The molecule has 0 aliphatic carbocycles. The Balaban J connectivity index is 1.99. The van der Waals surface area contributed by atoms with Crippen molar-refractivity contribution in [3.63, 3.8) is 0 Å². The van der Waals surface area contributed by atoms with Gasteiger partial charge in [-0.15, -0.1) is 0 Å². The Morgan fingerprint density at radius 1 is 1.40 bits per heavy atom. The predicted molar refractivity (Wildman–Crippen MR) is 65.3 cm³/mol. The molecule has 2 heteroatoms. The van der Waals surface area contributed by atoms with Gasteiger partial charge >= 0.3 is 0 Å². The minimum Gasteiger partial charge on any atom is -0.314 e. The molecule has 2 rings (SSSR count). The van der Waals surface area contributed by atoms with Crippen molar-refractivity contribution >= 4 is 11.6 Å². The molecule has 1 saturated heterocycles. The first-order chi connectivity index (χ1) is 7.25. The molecule has 0 spiro atoms. The maximum atomic E-state index is 6.15. The Morgan fingerprint density at radius 3 is 2.93 bits per heavy atom. The highest BCUT2D eigenvalue weighted by Gasteiger charge is 2.18. The van der Waals surface area contributed by atoms with Gasteiger partial charge < -0.3 is 5.32 Å². The van der Waals surface area contributed by atoms with Crippen LogP contribution >= 0.6 is 11.6 Å². The molecular weight excluding hydrogens is 206 g/mol. The summed E-state index contributed by atoms with van der Waals surface area (Å²) in [5.74, 6) is 0.846. The van der Waals surface area contributed by atoms with Crippen molar-refractivity contribution < 1.29 is 0 Å². The molecule has 1 N–H and O–H groups in total. The standard InChI is InChI=1S/C13H18ClN/c1-10-6-7-15-12(8-10)9-11-4-2-3-5-13(11)14/h2-5,10,12,15H,6-9H2,1H3. The van der Waals surface area contributed by atoms with Crippen molar-refractivity contribution in [3.05, 3.63) is 34.9 Å². The van der Waals surface area contributed by atoms with E-state index in [2.05, 4.69) is 24.4 Å². The molecule has 0 amide bonds. The van der Waals surface area contributed by atoms with Crippen molar-refractivity contribution in [2.45, 2.75) is 32.2 Å². The van der Waals surface area contributed by atoms with Crippen molar-refractivity contribution in [2.24, 2.45) is 5.92 Å². The summed E-state index contributed by atoms with van der Waals surface area (Å²) in [6.45, 7) is 3.48. The van der Waals surface area contributed by atoms with E-state index in [0.717, 1.165) is 23.9 Å². The van der Waals surface area contributed by atoms with Crippen LogP contribution in [0.5, 0.6) is 0 Å². The van der Waals surface area contributed by atoms with Gasteiger partial charge in [0.15, 0.2) is 0 Å². The van der Waals surface area contributed by atoms with Gasteiger partial charge in [-0.2, -0.15) is 0 Å². The number of rotatable bonds is 2. The first kappa shape index (κ1) is 11.0. The molecule has 1 heterocycles. The minimum atomic E-state index is 0.605. The summed E-state index contributed by atoms with van der Waals surface area (Å²) in [7, 11) is 0. The lowest BCUT2D eigenvalue weighted by Crippen LogP contribution is -2.38. The van der Waals surface area contributed by atoms with Crippen LogP contribution in [0, 0.1) is 5.92 Å². The third-order valence-electron chi connectivity index (χ3n) is 3.18. The topological polar surface area (TPSA) is 12.0 Å². The van der Waals surface area contributed by atoms with Gasteiger partial charge in [0.2, 0.25) is 0 Å². The fraction of sp³-hybridized carbons (Fsp3) is 0.538. The fourth-order valence-electron chi connectivity index (χ4n) is 2.31. The fourth-order valence-corrected chi connectivity index (χ4v) is 2.52. The van der Waals surface area contributed by atoms with Gasteiger partial charge in [-0.1, -0.05) is 36.7 Å². The van der Waals surface area contributed by atoms with E-state index >= 15 is 0 Å². The maximum Gasteiger partial charge on any atom is 0.0438 e. The van der Waals surface area contributed by atoms with E-state index in [-0.39, 0.29) is 0 Å². The lowest BCUT2D eigenvalue weighted by Gasteiger charge is -2.28. The smallest absolute Gasteiger partial charge is 0.0438 e. The normalized spacial score (nSPS) is 26.5. The number of benzene rings is 1. The molecule has 0 aromatic heterocycles. The van der Waals surface area contributed by atoms with Crippen molar-refractivity contribution in [1.82, 2.24) is 5.32 Å². The number of hydrogen-bond acceptors (Lipinski definition) is 1. The Kier molecular flexibility index (Phi) is 3.66. The molecule has 1 aliphatic heterocycles. The second-order valence-corrected chi connectivity index (χ2v) is 4.98. The van der Waals surface area contributed by atoms with E-state index in [1.54, 1.807) is 0 Å². The van der Waals surface area contributed by atoms with Crippen LogP contribution in [0.2, 0.25) is 5.02 Å². The Labute approximate surface area is 96.8 Å². The van der Waals surface area contributed by atoms with Gasteiger partial charge in [0, 0.05) is 11.1 Å². The van der Waals surface area contributed by atoms with Crippen molar-refractivity contribution in [2.75, 3.05) is 6.54 Å². The van der Waals surface area contributed by atoms with Crippen molar-refractivity contribution in [3.8, 4) is 0 Å². The lowest BCUT2D eigenvalue weighted by molar-refractivity contribution is 0.318. The summed E-state index contributed by atoms with van der Waals surface area (Å²) in [4.78, 5) is 0. The van der Waals surface area contributed by atoms with E-state index in [9.17, 15) is 0 Å². The summed E-state index contributed by atoms with van der Waals surface area (Å²) < 4.78 is 0. The number of piperidine rings is 1. The Bertz CT molecular complexity index is 324. The molecule has 0 saturated carbocycles.